The molecule has 1 atom stereocenters. The van der Waals surface area contributed by atoms with Crippen LogP contribution in [0.5, 0.6) is 0 Å². The Labute approximate surface area is 139 Å². The second kappa shape index (κ2) is 6.64. The average molecular weight is 346 g/mol. The first kappa shape index (κ1) is 17.4. The van der Waals surface area contributed by atoms with Crippen molar-refractivity contribution in [2.24, 2.45) is 11.0 Å². The van der Waals surface area contributed by atoms with Crippen LogP contribution in [-0.4, -0.2) is 38.4 Å². The van der Waals surface area contributed by atoms with E-state index in [-0.39, 0.29) is 16.0 Å². The Balaban J connectivity index is 2.26. The number of rotatable bonds is 4. The van der Waals surface area contributed by atoms with E-state index in [2.05, 4.69) is 5.10 Å². The lowest BCUT2D eigenvalue weighted by molar-refractivity contribution is -0.142. The van der Waals surface area contributed by atoms with E-state index in [9.17, 15) is 18.0 Å². The van der Waals surface area contributed by atoms with Gasteiger partial charge in [-0.05, 0) is 24.6 Å². The lowest BCUT2D eigenvalue weighted by Crippen LogP contribution is -2.44. The standard InChI is InChI=1S/C15H14N4O4S/c1-10-12(8-16)14(20)19(2)15(21)13(10)9-17-18-24(22,23)11-6-4-3-5-7-11/h3-7,9,13,18H,1-2H3. The number of hydrogen-bond donors (Lipinski definition) is 1. The minimum absolute atomic E-state index is 0.0226. The van der Waals surface area contributed by atoms with Crippen LogP contribution in [0.25, 0.3) is 0 Å². The van der Waals surface area contributed by atoms with Gasteiger partial charge in [-0.2, -0.15) is 18.8 Å². The van der Waals surface area contributed by atoms with Crippen LogP contribution in [0.15, 0.2) is 51.5 Å². The Morgan fingerprint density at radius 2 is 1.92 bits per heavy atom. The zero-order chi connectivity index (χ0) is 17.9. The molecule has 0 fully saturated rings. The van der Waals surface area contributed by atoms with Crippen molar-refractivity contribution in [3.05, 3.63) is 41.5 Å². The zero-order valence-electron chi connectivity index (χ0n) is 12.9. The van der Waals surface area contributed by atoms with E-state index in [4.69, 9.17) is 5.26 Å². The highest BCUT2D eigenvalue weighted by Crippen LogP contribution is 2.23. The second-order valence-electron chi connectivity index (χ2n) is 5.04. The summed E-state index contributed by atoms with van der Waals surface area (Å²) < 4.78 is 24.1. The normalized spacial score (nSPS) is 18.9. The Kier molecular flexibility index (Phi) is 4.80. The van der Waals surface area contributed by atoms with Crippen LogP contribution in [0.1, 0.15) is 6.92 Å². The molecule has 1 unspecified atom stereocenters. The van der Waals surface area contributed by atoms with E-state index in [1.54, 1.807) is 24.3 Å². The molecule has 8 nitrogen and oxygen atoms in total. The molecule has 2 rings (SSSR count). The van der Waals surface area contributed by atoms with Crippen LogP contribution in [0.3, 0.4) is 0 Å². The molecule has 0 aromatic heterocycles. The maximum atomic E-state index is 12.1. The van der Waals surface area contributed by atoms with Crippen LogP contribution in [0, 0.1) is 17.2 Å². The number of imide groups is 1. The fourth-order valence-corrected chi connectivity index (χ4v) is 2.94. The number of hydrogen-bond acceptors (Lipinski definition) is 6. The third-order valence-corrected chi connectivity index (χ3v) is 4.78. The fraction of sp³-hybridized carbons (Fsp3) is 0.200. The van der Waals surface area contributed by atoms with Crippen LogP contribution < -0.4 is 4.83 Å². The number of nitrogens with one attached hydrogen (secondary N) is 1. The zero-order valence-corrected chi connectivity index (χ0v) is 13.7. The first-order valence-electron chi connectivity index (χ1n) is 6.82. The largest absolute Gasteiger partial charge is 0.280 e. The van der Waals surface area contributed by atoms with Gasteiger partial charge in [-0.25, -0.2) is 4.83 Å². The van der Waals surface area contributed by atoms with Gasteiger partial charge in [0.15, 0.2) is 0 Å². The van der Waals surface area contributed by atoms with Crippen molar-refractivity contribution in [2.45, 2.75) is 11.8 Å². The van der Waals surface area contributed by atoms with Gasteiger partial charge in [0.25, 0.3) is 15.9 Å². The van der Waals surface area contributed by atoms with Crippen molar-refractivity contribution in [1.29, 1.82) is 5.26 Å². The number of benzene rings is 1. The molecule has 0 radical (unpaired) electrons. The van der Waals surface area contributed by atoms with Gasteiger partial charge in [0, 0.05) is 13.3 Å². The monoisotopic (exact) mass is 346 g/mol. The summed E-state index contributed by atoms with van der Waals surface area (Å²) in [5.74, 6) is -2.26. The van der Waals surface area contributed by atoms with E-state index >= 15 is 0 Å². The number of carbonyl (C=O) groups is 2. The molecule has 0 saturated carbocycles. The van der Waals surface area contributed by atoms with Gasteiger partial charge in [0.05, 0.1) is 10.8 Å². The molecule has 124 valence electrons. The maximum Gasteiger partial charge on any atom is 0.276 e. The predicted molar refractivity (Wildman–Crippen MR) is 84.8 cm³/mol. The van der Waals surface area contributed by atoms with Crippen LogP contribution in [-0.2, 0) is 19.6 Å². The number of hydrazone groups is 1. The van der Waals surface area contributed by atoms with Crippen LogP contribution in [0.2, 0.25) is 0 Å². The van der Waals surface area contributed by atoms with E-state index in [1.807, 2.05) is 4.83 Å². The number of amides is 2. The van der Waals surface area contributed by atoms with Crippen molar-refractivity contribution in [3.63, 3.8) is 0 Å². The summed E-state index contributed by atoms with van der Waals surface area (Å²) in [7, 11) is -2.61. The summed E-state index contributed by atoms with van der Waals surface area (Å²) in [6.45, 7) is 1.46. The number of nitriles is 1. The predicted octanol–water partition coefficient (Wildman–Crippen LogP) is 0.406. The molecule has 1 heterocycles. The van der Waals surface area contributed by atoms with Gasteiger partial charge in [-0.15, -0.1) is 0 Å². The third kappa shape index (κ3) is 3.18. The molecule has 9 heteroatoms. The van der Waals surface area contributed by atoms with Gasteiger partial charge >= 0.3 is 0 Å². The lowest BCUT2D eigenvalue weighted by Gasteiger charge is -2.26. The van der Waals surface area contributed by atoms with E-state index in [0.717, 1.165) is 11.1 Å². The van der Waals surface area contributed by atoms with Crippen molar-refractivity contribution >= 4 is 28.1 Å². The molecule has 1 aromatic rings. The van der Waals surface area contributed by atoms with E-state index in [0.29, 0.717) is 0 Å². The van der Waals surface area contributed by atoms with Crippen molar-refractivity contribution < 1.29 is 18.0 Å². The van der Waals surface area contributed by atoms with E-state index in [1.165, 1.54) is 26.1 Å². The minimum Gasteiger partial charge on any atom is -0.280 e. The highest BCUT2D eigenvalue weighted by Gasteiger charge is 2.36. The SMILES string of the molecule is CC1=C(C#N)C(=O)N(C)C(=O)C1C=NNS(=O)(=O)c1ccccc1. The Bertz CT molecular complexity index is 882. The van der Waals surface area contributed by atoms with Gasteiger partial charge in [0.2, 0.25) is 5.91 Å². The van der Waals surface area contributed by atoms with Gasteiger partial charge < -0.3 is 0 Å². The molecule has 1 N–H and O–H groups in total. The number of carbonyl (C=O) groups excluding carboxylic acids is 2. The lowest BCUT2D eigenvalue weighted by atomic mass is 9.91. The molecule has 0 bridgehead atoms. The van der Waals surface area contributed by atoms with Crippen LogP contribution >= 0.6 is 0 Å². The van der Waals surface area contributed by atoms with Crippen molar-refractivity contribution in [3.8, 4) is 6.07 Å². The number of sulfonamides is 1. The molecule has 1 aliphatic heterocycles. The minimum atomic E-state index is -3.86. The first-order chi connectivity index (χ1) is 11.3. The molecular weight excluding hydrogens is 332 g/mol. The van der Waals surface area contributed by atoms with Crippen molar-refractivity contribution in [1.82, 2.24) is 9.73 Å². The molecule has 1 aromatic carbocycles. The third-order valence-electron chi connectivity index (χ3n) is 3.54. The highest BCUT2D eigenvalue weighted by molar-refractivity contribution is 7.89. The quantitative estimate of drug-likeness (QED) is 0.481. The fourth-order valence-electron chi connectivity index (χ4n) is 2.12. The van der Waals surface area contributed by atoms with Gasteiger partial charge in [0.1, 0.15) is 11.6 Å². The molecule has 24 heavy (non-hydrogen) atoms. The first-order valence-corrected chi connectivity index (χ1v) is 8.30. The summed E-state index contributed by atoms with van der Waals surface area (Å²) in [5, 5.41) is 12.6. The number of likely N-dealkylation sites (N-methyl/N-ethyl adjacent to an activating group) is 1. The molecule has 0 saturated heterocycles. The maximum absolute atomic E-state index is 12.1. The number of nitrogens with zero attached hydrogens (tertiary/aromatic N) is 3. The average Bonchev–Trinajstić information content (AvgIpc) is 2.57. The summed E-state index contributed by atoms with van der Waals surface area (Å²) in [6.07, 6.45) is 1.07. The summed E-state index contributed by atoms with van der Waals surface area (Å²) in [5.41, 5.74) is 0.0766. The van der Waals surface area contributed by atoms with Gasteiger partial charge in [-0.3, -0.25) is 14.5 Å². The highest BCUT2D eigenvalue weighted by atomic mass is 32.2. The summed E-state index contributed by atoms with van der Waals surface area (Å²) in [6, 6.07) is 9.35. The van der Waals surface area contributed by atoms with Crippen molar-refractivity contribution in [2.75, 3.05) is 7.05 Å². The van der Waals surface area contributed by atoms with E-state index < -0.39 is 27.8 Å². The summed E-state index contributed by atoms with van der Waals surface area (Å²) >= 11 is 0. The molecule has 2 amide bonds. The second-order valence-corrected chi connectivity index (χ2v) is 6.70. The Morgan fingerprint density at radius 1 is 1.29 bits per heavy atom. The van der Waals surface area contributed by atoms with Crippen LogP contribution in [0.4, 0.5) is 0 Å². The Morgan fingerprint density at radius 3 is 2.50 bits per heavy atom. The topological polar surface area (TPSA) is 120 Å². The summed E-state index contributed by atoms with van der Waals surface area (Å²) in [4.78, 5) is 26.8. The molecular formula is C15H14N4O4S. The molecule has 0 aliphatic carbocycles. The molecule has 0 spiro atoms. The Hall–Kier alpha value is -2.99. The van der Waals surface area contributed by atoms with Gasteiger partial charge in [-0.1, -0.05) is 18.2 Å². The smallest absolute Gasteiger partial charge is 0.276 e. The molecule has 1 aliphatic rings.